The molecule has 2 N–H and O–H groups in total. The summed E-state index contributed by atoms with van der Waals surface area (Å²) in [6, 6.07) is 10.3. The third kappa shape index (κ3) is 4.29. The highest BCUT2D eigenvalue weighted by atomic mass is 35.5. The van der Waals surface area contributed by atoms with E-state index >= 15 is 0 Å². The maximum absolute atomic E-state index is 12.3. The van der Waals surface area contributed by atoms with E-state index in [9.17, 15) is 4.79 Å². The number of likely N-dealkylation sites (N-methyl/N-ethyl adjacent to an activating group) is 1. The van der Waals surface area contributed by atoms with Gasteiger partial charge in [-0.3, -0.25) is 9.78 Å². The van der Waals surface area contributed by atoms with Crippen molar-refractivity contribution in [3.05, 3.63) is 64.1 Å². The minimum Gasteiger partial charge on any atom is -0.344 e. The molecular formula is C24H29ClN4O. The van der Waals surface area contributed by atoms with Gasteiger partial charge in [-0.25, -0.2) is 0 Å². The quantitative estimate of drug-likeness (QED) is 0.654. The Morgan fingerprint density at radius 1 is 1.23 bits per heavy atom. The number of halogens is 1. The molecule has 2 aromatic heterocycles. The van der Waals surface area contributed by atoms with Crippen LogP contribution < -0.4 is 5.73 Å². The third-order valence-corrected chi connectivity index (χ3v) is 6.47. The first-order chi connectivity index (χ1) is 14.5. The Morgan fingerprint density at radius 3 is 2.77 bits per heavy atom. The van der Waals surface area contributed by atoms with E-state index < -0.39 is 0 Å². The van der Waals surface area contributed by atoms with Crippen LogP contribution >= 0.6 is 11.6 Å². The summed E-state index contributed by atoms with van der Waals surface area (Å²) < 4.78 is 2.41. The Morgan fingerprint density at radius 2 is 2.03 bits per heavy atom. The number of rotatable bonds is 6. The number of hydrogen-bond acceptors (Lipinski definition) is 4. The van der Waals surface area contributed by atoms with Crippen molar-refractivity contribution in [3.63, 3.8) is 0 Å². The highest BCUT2D eigenvalue weighted by Gasteiger charge is 2.24. The molecule has 4 rings (SSSR count). The number of pyridine rings is 1. The van der Waals surface area contributed by atoms with Crippen LogP contribution in [-0.2, 0) is 24.2 Å². The Balaban J connectivity index is 1.80. The van der Waals surface area contributed by atoms with Gasteiger partial charge in [0.15, 0.2) is 0 Å². The molecule has 0 fully saturated rings. The van der Waals surface area contributed by atoms with E-state index in [1.54, 1.807) is 0 Å². The fourth-order valence-corrected chi connectivity index (χ4v) is 4.69. The van der Waals surface area contributed by atoms with Crippen LogP contribution in [0.4, 0.5) is 0 Å². The van der Waals surface area contributed by atoms with Crippen molar-refractivity contribution in [1.82, 2.24) is 14.5 Å². The van der Waals surface area contributed by atoms with Gasteiger partial charge < -0.3 is 15.2 Å². The summed E-state index contributed by atoms with van der Waals surface area (Å²) in [5.41, 5.74) is 11.7. The van der Waals surface area contributed by atoms with E-state index in [0.29, 0.717) is 6.42 Å². The van der Waals surface area contributed by atoms with Gasteiger partial charge in [0.2, 0.25) is 0 Å². The number of aromatic nitrogens is 2. The number of aryl methyl sites for hydroxylation is 1. The zero-order valence-corrected chi connectivity index (χ0v) is 18.5. The van der Waals surface area contributed by atoms with E-state index in [4.69, 9.17) is 17.3 Å². The SMILES string of the molecule is Cc1ccc(C(CC(=O)CN)Cn2c3c(c4cc(Cl)ccc42)CCN(C)CC3)cn1. The number of carbonyl (C=O) groups excluding carboxylic acids is 1. The number of nitrogens with two attached hydrogens (primary N) is 1. The van der Waals surface area contributed by atoms with Crippen LogP contribution in [0.2, 0.25) is 5.02 Å². The first kappa shape index (κ1) is 21.0. The lowest BCUT2D eigenvalue weighted by Crippen LogP contribution is -2.22. The molecule has 3 heterocycles. The van der Waals surface area contributed by atoms with Crippen LogP contribution in [0.5, 0.6) is 0 Å². The molecule has 1 aliphatic rings. The van der Waals surface area contributed by atoms with Crippen molar-refractivity contribution in [1.29, 1.82) is 0 Å². The first-order valence-electron chi connectivity index (χ1n) is 10.6. The van der Waals surface area contributed by atoms with E-state index in [2.05, 4.69) is 39.7 Å². The van der Waals surface area contributed by atoms with Crippen LogP contribution in [-0.4, -0.2) is 46.9 Å². The van der Waals surface area contributed by atoms with Gasteiger partial charge in [-0.05, 0) is 55.8 Å². The molecule has 3 aromatic rings. The first-order valence-corrected chi connectivity index (χ1v) is 11.0. The van der Waals surface area contributed by atoms with Crippen molar-refractivity contribution in [2.45, 2.75) is 38.6 Å². The van der Waals surface area contributed by atoms with Crippen LogP contribution in [0.15, 0.2) is 36.5 Å². The molecule has 0 radical (unpaired) electrons. The van der Waals surface area contributed by atoms with Crippen molar-refractivity contribution in [2.75, 3.05) is 26.7 Å². The number of ketones is 1. The van der Waals surface area contributed by atoms with E-state index in [1.165, 1.54) is 22.2 Å². The second-order valence-corrected chi connectivity index (χ2v) is 8.81. The molecule has 5 nitrogen and oxygen atoms in total. The highest BCUT2D eigenvalue weighted by molar-refractivity contribution is 6.31. The summed E-state index contributed by atoms with van der Waals surface area (Å²) in [7, 11) is 2.17. The average Bonchev–Trinajstić information content (AvgIpc) is 2.87. The zero-order valence-electron chi connectivity index (χ0n) is 17.7. The largest absolute Gasteiger partial charge is 0.344 e. The minimum absolute atomic E-state index is 0.0329. The van der Waals surface area contributed by atoms with Crippen molar-refractivity contribution < 1.29 is 4.79 Å². The monoisotopic (exact) mass is 424 g/mol. The second kappa shape index (κ2) is 8.88. The molecule has 0 amide bonds. The van der Waals surface area contributed by atoms with Gasteiger partial charge in [0.25, 0.3) is 0 Å². The Hall–Kier alpha value is -2.21. The van der Waals surface area contributed by atoms with Crippen molar-refractivity contribution in [2.24, 2.45) is 5.73 Å². The van der Waals surface area contributed by atoms with E-state index in [0.717, 1.165) is 48.8 Å². The smallest absolute Gasteiger partial charge is 0.147 e. The van der Waals surface area contributed by atoms with E-state index in [-0.39, 0.29) is 18.2 Å². The van der Waals surface area contributed by atoms with Crippen molar-refractivity contribution in [3.8, 4) is 0 Å². The molecule has 1 unspecified atom stereocenters. The van der Waals surface area contributed by atoms with Gasteiger partial charge in [0.1, 0.15) is 5.78 Å². The van der Waals surface area contributed by atoms with E-state index in [1.807, 2.05) is 25.3 Å². The number of Topliss-reactive ketones (excluding diaryl/α,β-unsaturated/α-hetero) is 1. The summed E-state index contributed by atoms with van der Waals surface area (Å²) in [4.78, 5) is 19.2. The Kier molecular flexibility index (Phi) is 6.23. The maximum atomic E-state index is 12.3. The lowest BCUT2D eigenvalue weighted by molar-refractivity contribution is -0.118. The summed E-state index contributed by atoms with van der Waals surface area (Å²) in [5.74, 6) is 0.108. The van der Waals surface area contributed by atoms with Crippen LogP contribution in [0.25, 0.3) is 10.9 Å². The summed E-state index contributed by atoms with van der Waals surface area (Å²) in [5, 5.41) is 2.00. The predicted molar refractivity (Wildman–Crippen MR) is 122 cm³/mol. The Labute approximate surface area is 182 Å². The molecule has 30 heavy (non-hydrogen) atoms. The molecule has 6 heteroatoms. The van der Waals surface area contributed by atoms with Gasteiger partial charge in [0.05, 0.1) is 6.54 Å². The minimum atomic E-state index is 0.0329. The fraction of sp³-hybridized carbons (Fsp3) is 0.417. The molecule has 0 aliphatic carbocycles. The molecule has 1 aromatic carbocycles. The number of hydrogen-bond donors (Lipinski definition) is 1. The molecule has 158 valence electrons. The normalized spacial score (nSPS) is 15.7. The molecule has 0 saturated carbocycles. The van der Waals surface area contributed by atoms with Gasteiger partial charge in [-0.15, -0.1) is 0 Å². The predicted octanol–water partition coefficient (Wildman–Crippen LogP) is 3.73. The lowest BCUT2D eigenvalue weighted by Gasteiger charge is -2.21. The van der Waals surface area contributed by atoms with Crippen molar-refractivity contribution >= 4 is 28.3 Å². The molecule has 0 bridgehead atoms. The number of benzene rings is 1. The standard InChI is InChI=1S/C24H29ClN4O/c1-16-3-4-17(14-27-16)18(11-20(30)13-26)15-29-23-6-5-19(25)12-22(23)21-7-9-28(2)10-8-24(21)29/h3-6,12,14,18H,7-11,13,15,26H2,1-2H3. The summed E-state index contributed by atoms with van der Waals surface area (Å²) >= 11 is 6.36. The van der Waals surface area contributed by atoms with Gasteiger partial charge >= 0.3 is 0 Å². The zero-order chi connectivity index (χ0) is 21.3. The molecule has 1 atom stereocenters. The molecule has 0 spiro atoms. The van der Waals surface area contributed by atoms with Crippen LogP contribution in [0, 0.1) is 6.92 Å². The van der Waals surface area contributed by atoms with Crippen LogP contribution in [0.1, 0.15) is 34.9 Å². The Bertz CT molecular complexity index is 1060. The number of nitrogens with zero attached hydrogens (tertiary/aromatic N) is 3. The fourth-order valence-electron chi connectivity index (χ4n) is 4.52. The number of carbonyl (C=O) groups is 1. The molecule has 1 aliphatic heterocycles. The summed E-state index contributed by atoms with van der Waals surface area (Å²) in [6.45, 7) is 4.84. The van der Waals surface area contributed by atoms with Crippen LogP contribution in [0.3, 0.4) is 0 Å². The topological polar surface area (TPSA) is 64.2 Å². The molecular weight excluding hydrogens is 396 g/mol. The highest BCUT2D eigenvalue weighted by Crippen LogP contribution is 2.34. The third-order valence-electron chi connectivity index (χ3n) is 6.23. The maximum Gasteiger partial charge on any atom is 0.147 e. The number of fused-ring (bicyclic) bond motifs is 3. The average molecular weight is 425 g/mol. The van der Waals surface area contributed by atoms with Gasteiger partial charge in [-0.1, -0.05) is 17.7 Å². The van der Waals surface area contributed by atoms with Gasteiger partial charge in [-0.2, -0.15) is 0 Å². The molecule has 0 saturated heterocycles. The van der Waals surface area contributed by atoms with Gasteiger partial charge in [0, 0.05) is 71.9 Å². The second-order valence-electron chi connectivity index (χ2n) is 8.38. The lowest BCUT2D eigenvalue weighted by atomic mass is 9.94. The summed E-state index contributed by atoms with van der Waals surface area (Å²) in [6.07, 6.45) is 4.32.